The van der Waals surface area contributed by atoms with E-state index in [0.717, 1.165) is 68.2 Å². The smallest absolute Gasteiger partial charge is 0.151 e. The fourth-order valence-electron chi connectivity index (χ4n) is 4.56. The van der Waals surface area contributed by atoms with Gasteiger partial charge in [0.1, 0.15) is 5.69 Å². The van der Waals surface area contributed by atoms with Gasteiger partial charge in [0.25, 0.3) is 0 Å². The molecule has 5 rings (SSSR count). The van der Waals surface area contributed by atoms with Crippen LogP contribution in [-0.2, 0) is 19.5 Å². The number of rotatable bonds is 3. The van der Waals surface area contributed by atoms with Crippen molar-refractivity contribution in [3.05, 3.63) is 29.2 Å². The van der Waals surface area contributed by atoms with Gasteiger partial charge in [-0.3, -0.25) is 4.90 Å². The summed E-state index contributed by atoms with van der Waals surface area (Å²) in [7, 11) is 2.22. The number of likely N-dealkylation sites (tertiary alicyclic amines) is 1. The molecule has 2 aromatic heterocycles. The second-order valence-corrected chi connectivity index (χ2v) is 7.68. The molecule has 3 aliphatic heterocycles. The molecule has 0 saturated carbocycles. The first-order valence-corrected chi connectivity index (χ1v) is 9.02. The first-order chi connectivity index (χ1) is 12.2. The first-order valence-electron chi connectivity index (χ1n) is 9.02. The van der Waals surface area contributed by atoms with Gasteiger partial charge >= 0.3 is 0 Å². The highest BCUT2D eigenvalue weighted by molar-refractivity contribution is 5.43. The zero-order valence-electron chi connectivity index (χ0n) is 14.5. The molecule has 2 aromatic rings. The maximum absolute atomic E-state index is 4.70. The Morgan fingerprint density at radius 2 is 2.00 bits per heavy atom. The number of anilines is 1. The zero-order valence-corrected chi connectivity index (χ0v) is 14.5. The molecule has 2 atom stereocenters. The number of fused-ring (bicyclic) bond motifs is 2. The Bertz CT molecular complexity index is 735. The Labute approximate surface area is 146 Å². The van der Waals surface area contributed by atoms with E-state index in [4.69, 9.17) is 4.63 Å². The molecular weight excluding hydrogens is 318 g/mol. The molecule has 0 radical (unpaired) electrons. The molecule has 8 nitrogen and oxygen atoms in total. The standard InChI is InChI=1S/C17H23N7O/c1-22-6-13-9-24(10-14(13)7-22)17-4-12-8-23(3-2-16(12)19-20-17)11-15-5-18-25-21-15/h4-5,13-14H,2-3,6-11H2,1H3/t13-,14+. The lowest BCUT2D eigenvalue weighted by molar-refractivity contribution is 0.231. The average molecular weight is 341 g/mol. The van der Waals surface area contributed by atoms with Crippen LogP contribution in [0.15, 0.2) is 16.9 Å². The van der Waals surface area contributed by atoms with Gasteiger partial charge in [-0.05, 0) is 30.5 Å². The molecule has 0 N–H and O–H groups in total. The molecule has 25 heavy (non-hydrogen) atoms. The number of aromatic nitrogens is 4. The highest BCUT2D eigenvalue weighted by Gasteiger charge is 2.39. The molecule has 0 aromatic carbocycles. The Balaban J connectivity index is 1.30. The molecule has 0 spiro atoms. The molecule has 3 aliphatic rings. The molecule has 8 heteroatoms. The van der Waals surface area contributed by atoms with Crippen LogP contribution in [0.5, 0.6) is 0 Å². The van der Waals surface area contributed by atoms with Crippen LogP contribution in [0.25, 0.3) is 0 Å². The van der Waals surface area contributed by atoms with Crippen LogP contribution in [0.2, 0.25) is 0 Å². The summed E-state index contributed by atoms with van der Waals surface area (Å²) in [6.07, 6.45) is 2.62. The van der Waals surface area contributed by atoms with Crippen molar-refractivity contribution in [1.29, 1.82) is 0 Å². The maximum Gasteiger partial charge on any atom is 0.151 e. The van der Waals surface area contributed by atoms with Crippen LogP contribution in [0.3, 0.4) is 0 Å². The number of hydrogen-bond acceptors (Lipinski definition) is 8. The van der Waals surface area contributed by atoms with E-state index in [1.54, 1.807) is 6.20 Å². The van der Waals surface area contributed by atoms with Gasteiger partial charge in [-0.15, -0.1) is 5.10 Å². The predicted octanol–water partition coefficient (Wildman–Crippen LogP) is 0.416. The molecule has 0 bridgehead atoms. The molecule has 2 fully saturated rings. The van der Waals surface area contributed by atoms with Crippen LogP contribution in [-0.4, -0.2) is 70.1 Å². The lowest BCUT2D eigenvalue weighted by Crippen LogP contribution is -2.32. The monoisotopic (exact) mass is 341 g/mol. The van der Waals surface area contributed by atoms with E-state index < -0.39 is 0 Å². The highest BCUT2D eigenvalue weighted by atomic mass is 16.6. The lowest BCUT2D eigenvalue weighted by atomic mass is 10.0. The van der Waals surface area contributed by atoms with Gasteiger partial charge in [0.2, 0.25) is 0 Å². The third-order valence-corrected chi connectivity index (χ3v) is 5.79. The molecule has 0 amide bonds. The normalized spacial score (nSPS) is 26.8. The minimum absolute atomic E-state index is 0.765. The van der Waals surface area contributed by atoms with E-state index >= 15 is 0 Å². The fourth-order valence-corrected chi connectivity index (χ4v) is 4.56. The van der Waals surface area contributed by atoms with Crippen LogP contribution in [0, 0.1) is 11.8 Å². The lowest BCUT2D eigenvalue weighted by Gasteiger charge is -2.28. The van der Waals surface area contributed by atoms with Gasteiger partial charge in [0.05, 0.1) is 11.9 Å². The van der Waals surface area contributed by atoms with E-state index in [1.807, 2.05) is 0 Å². The van der Waals surface area contributed by atoms with Gasteiger partial charge < -0.3 is 9.80 Å². The number of hydrogen-bond donors (Lipinski definition) is 0. The Hall–Kier alpha value is -2.06. The van der Waals surface area contributed by atoms with Crippen molar-refractivity contribution in [2.45, 2.75) is 19.5 Å². The van der Waals surface area contributed by atoms with Crippen molar-refractivity contribution in [1.82, 2.24) is 30.3 Å². The van der Waals surface area contributed by atoms with E-state index in [2.05, 4.69) is 48.3 Å². The van der Waals surface area contributed by atoms with Gasteiger partial charge in [-0.25, -0.2) is 4.63 Å². The van der Waals surface area contributed by atoms with Crippen molar-refractivity contribution in [2.75, 3.05) is 44.7 Å². The van der Waals surface area contributed by atoms with Crippen molar-refractivity contribution < 1.29 is 4.63 Å². The maximum atomic E-state index is 4.70. The largest absolute Gasteiger partial charge is 0.354 e. The third-order valence-electron chi connectivity index (χ3n) is 5.79. The average Bonchev–Trinajstić information content (AvgIpc) is 3.30. The second-order valence-electron chi connectivity index (χ2n) is 7.68. The van der Waals surface area contributed by atoms with Gasteiger partial charge in [-0.2, -0.15) is 5.10 Å². The van der Waals surface area contributed by atoms with Crippen LogP contribution < -0.4 is 4.90 Å². The topological polar surface area (TPSA) is 74.4 Å². The zero-order chi connectivity index (χ0) is 16.8. The summed E-state index contributed by atoms with van der Waals surface area (Å²) in [6, 6.07) is 2.25. The van der Waals surface area contributed by atoms with Crippen molar-refractivity contribution >= 4 is 5.82 Å². The number of nitrogens with zero attached hydrogens (tertiary/aromatic N) is 7. The minimum atomic E-state index is 0.765. The Morgan fingerprint density at radius 3 is 2.76 bits per heavy atom. The van der Waals surface area contributed by atoms with Gasteiger partial charge in [-0.1, -0.05) is 10.3 Å². The molecular formula is C17H23N7O. The summed E-state index contributed by atoms with van der Waals surface area (Å²) in [5, 5.41) is 16.7. The fraction of sp³-hybridized carbons (Fsp3) is 0.647. The Morgan fingerprint density at radius 1 is 1.16 bits per heavy atom. The van der Waals surface area contributed by atoms with E-state index in [-0.39, 0.29) is 0 Å². The second kappa shape index (κ2) is 6.03. The summed E-state index contributed by atoms with van der Waals surface area (Å²) < 4.78 is 4.70. The SMILES string of the molecule is CN1C[C@@H]2CN(c3cc4c(nn3)CCN(Cc3cnon3)C4)C[C@@H]2C1. The molecule has 0 unspecified atom stereocenters. The van der Waals surface area contributed by atoms with Gasteiger partial charge in [0, 0.05) is 52.2 Å². The van der Waals surface area contributed by atoms with E-state index in [9.17, 15) is 0 Å². The quantitative estimate of drug-likeness (QED) is 0.795. The summed E-state index contributed by atoms with van der Waals surface area (Å²) in [5.74, 6) is 2.60. The minimum Gasteiger partial charge on any atom is -0.354 e. The summed E-state index contributed by atoms with van der Waals surface area (Å²) >= 11 is 0. The molecule has 0 aliphatic carbocycles. The predicted molar refractivity (Wildman–Crippen MR) is 90.8 cm³/mol. The van der Waals surface area contributed by atoms with Crippen molar-refractivity contribution in [3.8, 4) is 0 Å². The molecule has 132 valence electrons. The first kappa shape index (κ1) is 15.2. The van der Waals surface area contributed by atoms with Gasteiger partial charge in [0.15, 0.2) is 5.82 Å². The summed E-state index contributed by atoms with van der Waals surface area (Å²) in [4.78, 5) is 7.24. The molecule has 5 heterocycles. The summed E-state index contributed by atoms with van der Waals surface area (Å²) in [6.45, 7) is 7.24. The van der Waals surface area contributed by atoms with Crippen LogP contribution in [0.1, 0.15) is 17.0 Å². The van der Waals surface area contributed by atoms with Crippen molar-refractivity contribution in [3.63, 3.8) is 0 Å². The van der Waals surface area contributed by atoms with Crippen molar-refractivity contribution in [2.24, 2.45) is 11.8 Å². The van der Waals surface area contributed by atoms with Crippen LogP contribution >= 0.6 is 0 Å². The van der Waals surface area contributed by atoms with Crippen LogP contribution in [0.4, 0.5) is 5.82 Å². The Kier molecular flexibility index (Phi) is 3.67. The summed E-state index contributed by atoms with van der Waals surface area (Å²) in [5.41, 5.74) is 3.31. The van der Waals surface area contributed by atoms with E-state index in [1.165, 1.54) is 18.7 Å². The third kappa shape index (κ3) is 2.89. The highest BCUT2D eigenvalue weighted by Crippen LogP contribution is 2.33. The van der Waals surface area contributed by atoms with E-state index in [0.29, 0.717) is 0 Å². The molecule has 2 saturated heterocycles.